The van der Waals surface area contributed by atoms with Crippen molar-refractivity contribution in [1.29, 1.82) is 0 Å². The van der Waals surface area contributed by atoms with Crippen LogP contribution in [0.15, 0.2) is 0 Å². The minimum atomic E-state index is 0.194. The van der Waals surface area contributed by atoms with Crippen LogP contribution in [0.25, 0.3) is 0 Å². The van der Waals surface area contributed by atoms with Gasteiger partial charge in [-0.25, -0.2) is 0 Å². The van der Waals surface area contributed by atoms with Crippen molar-refractivity contribution in [3.8, 4) is 0 Å². The zero-order valence-corrected chi connectivity index (χ0v) is 15.5. The van der Waals surface area contributed by atoms with E-state index in [0.717, 1.165) is 32.0 Å². The number of likely N-dealkylation sites (tertiary alicyclic amines) is 1. The van der Waals surface area contributed by atoms with Crippen LogP contribution in [0.4, 0.5) is 0 Å². The largest absolute Gasteiger partial charge is 0.381 e. The molecule has 1 saturated carbocycles. The molecular formula is C20H35NO2. The molecule has 0 bridgehead atoms. The maximum atomic E-state index is 13.6. The van der Waals surface area contributed by atoms with E-state index < -0.39 is 0 Å². The lowest BCUT2D eigenvalue weighted by Crippen LogP contribution is -2.49. The zero-order chi connectivity index (χ0) is 16.6. The fourth-order valence-electron chi connectivity index (χ4n) is 5.53. The summed E-state index contributed by atoms with van der Waals surface area (Å²) in [5, 5.41) is 0. The van der Waals surface area contributed by atoms with Crippen molar-refractivity contribution in [1.82, 2.24) is 4.90 Å². The molecule has 4 atom stereocenters. The van der Waals surface area contributed by atoms with Crippen LogP contribution in [0.5, 0.6) is 0 Å². The van der Waals surface area contributed by atoms with Gasteiger partial charge in [0.2, 0.25) is 5.91 Å². The highest BCUT2D eigenvalue weighted by molar-refractivity contribution is 5.80. The zero-order valence-electron chi connectivity index (χ0n) is 15.5. The van der Waals surface area contributed by atoms with Crippen LogP contribution >= 0.6 is 0 Å². The maximum Gasteiger partial charge on any atom is 0.226 e. The SMILES string of the molecule is CC(C)[C@H](C(=O)N1C2CCCC2C[C@H]1C(C)C)C1CCOCC1. The first kappa shape index (κ1) is 17.3. The summed E-state index contributed by atoms with van der Waals surface area (Å²) in [7, 11) is 0. The van der Waals surface area contributed by atoms with Crippen LogP contribution in [-0.4, -0.2) is 36.1 Å². The first-order valence-corrected chi connectivity index (χ1v) is 9.90. The molecule has 3 rings (SSSR count). The lowest BCUT2D eigenvalue weighted by atomic mass is 9.77. The van der Waals surface area contributed by atoms with Gasteiger partial charge >= 0.3 is 0 Å². The van der Waals surface area contributed by atoms with Gasteiger partial charge in [0.1, 0.15) is 0 Å². The van der Waals surface area contributed by atoms with Crippen molar-refractivity contribution in [2.75, 3.05) is 13.2 Å². The fraction of sp³-hybridized carbons (Fsp3) is 0.950. The molecule has 2 saturated heterocycles. The molecule has 3 nitrogen and oxygen atoms in total. The topological polar surface area (TPSA) is 29.5 Å². The quantitative estimate of drug-likeness (QED) is 0.780. The molecule has 0 radical (unpaired) electrons. The van der Waals surface area contributed by atoms with Crippen LogP contribution in [0.1, 0.15) is 66.2 Å². The van der Waals surface area contributed by atoms with Crippen LogP contribution in [0.3, 0.4) is 0 Å². The molecule has 0 spiro atoms. The van der Waals surface area contributed by atoms with Gasteiger partial charge in [0.05, 0.1) is 0 Å². The van der Waals surface area contributed by atoms with Gasteiger partial charge in [0.15, 0.2) is 0 Å². The summed E-state index contributed by atoms with van der Waals surface area (Å²) in [6.45, 7) is 10.7. The highest BCUT2D eigenvalue weighted by atomic mass is 16.5. The Kier molecular flexibility index (Phi) is 5.35. The van der Waals surface area contributed by atoms with Crippen molar-refractivity contribution < 1.29 is 9.53 Å². The molecule has 0 N–H and O–H groups in total. The first-order chi connectivity index (χ1) is 11.0. The van der Waals surface area contributed by atoms with Crippen molar-refractivity contribution in [2.24, 2.45) is 29.6 Å². The molecule has 3 fully saturated rings. The second-order valence-corrected chi connectivity index (χ2v) is 8.77. The predicted molar refractivity (Wildman–Crippen MR) is 93.1 cm³/mol. The van der Waals surface area contributed by atoms with Crippen molar-refractivity contribution in [3.63, 3.8) is 0 Å². The van der Waals surface area contributed by atoms with Crippen molar-refractivity contribution in [3.05, 3.63) is 0 Å². The summed E-state index contributed by atoms with van der Waals surface area (Å²) in [6.07, 6.45) is 7.24. The number of rotatable bonds is 4. The van der Waals surface area contributed by atoms with Gasteiger partial charge in [0.25, 0.3) is 0 Å². The van der Waals surface area contributed by atoms with E-state index in [1.165, 1.54) is 25.7 Å². The molecule has 2 heterocycles. The molecule has 0 aromatic heterocycles. The highest BCUT2D eigenvalue weighted by Gasteiger charge is 2.49. The van der Waals surface area contributed by atoms with E-state index >= 15 is 0 Å². The monoisotopic (exact) mass is 321 g/mol. The van der Waals surface area contributed by atoms with Crippen LogP contribution < -0.4 is 0 Å². The number of carbonyl (C=O) groups excluding carboxylic acids is 1. The number of ether oxygens (including phenoxy) is 1. The molecule has 2 aliphatic heterocycles. The van der Waals surface area contributed by atoms with E-state index in [-0.39, 0.29) is 5.92 Å². The molecule has 0 aromatic rings. The van der Waals surface area contributed by atoms with Crippen LogP contribution in [-0.2, 0) is 9.53 Å². The van der Waals surface area contributed by atoms with Gasteiger partial charge in [-0.1, -0.05) is 34.1 Å². The van der Waals surface area contributed by atoms with Gasteiger partial charge in [-0.3, -0.25) is 4.79 Å². The van der Waals surface area contributed by atoms with Gasteiger partial charge in [0, 0.05) is 31.2 Å². The standard InChI is InChI=1S/C20H35NO2/c1-13(2)18-12-16-6-5-7-17(16)21(18)20(22)19(14(3)4)15-8-10-23-11-9-15/h13-19H,5-12H2,1-4H3/t16?,17?,18-,19-/m0/s1. The van der Waals surface area contributed by atoms with Gasteiger partial charge in [-0.05, 0) is 55.8 Å². The number of hydrogen-bond donors (Lipinski definition) is 0. The summed E-state index contributed by atoms with van der Waals surface area (Å²) in [5.74, 6) is 2.96. The molecule has 0 aromatic carbocycles. The average Bonchev–Trinajstić information content (AvgIpc) is 3.08. The number of nitrogens with zero attached hydrogens (tertiary/aromatic N) is 1. The Hall–Kier alpha value is -0.570. The van der Waals surface area contributed by atoms with Gasteiger partial charge < -0.3 is 9.64 Å². The summed E-state index contributed by atoms with van der Waals surface area (Å²) >= 11 is 0. The van der Waals surface area contributed by atoms with Crippen LogP contribution in [0.2, 0.25) is 0 Å². The number of amides is 1. The van der Waals surface area contributed by atoms with E-state index in [1.807, 2.05) is 0 Å². The van der Waals surface area contributed by atoms with E-state index in [1.54, 1.807) is 0 Å². The van der Waals surface area contributed by atoms with E-state index in [4.69, 9.17) is 4.74 Å². The van der Waals surface area contributed by atoms with E-state index in [0.29, 0.717) is 35.7 Å². The second kappa shape index (κ2) is 7.13. The number of carbonyl (C=O) groups is 1. The lowest BCUT2D eigenvalue weighted by molar-refractivity contribution is -0.144. The molecule has 3 heteroatoms. The Balaban J connectivity index is 1.82. The van der Waals surface area contributed by atoms with E-state index in [2.05, 4.69) is 32.6 Å². The first-order valence-electron chi connectivity index (χ1n) is 9.90. The minimum Gasteiger partial charge on any atom is -0.381 e. The molecule has 132 valence electrons. The van der Waals surface area contributed by atoms with Gasteiger partial charge in [-0.2, -0.15) is 0 Å². The number of fused-ring (bicyclic) bond motifs is 1. The molecule has 1 aliphatic carbocycles. The third kappa shape index (κ3) is 3.31. The lowest BCUT2D eigenvalue weighted by Gasteiger charge is -2.40. The third-order valence-electron chi connectivity index (χ3n) is 6.68. The Morgan fingerprint density at radius 2 is 1.74 bits per heavy atom. The summed E-state index contributed by atoms with van der Waals surface area (Å²) in [5.41, 5.74) is 0. The number of hydrogen-bond acceptors (Lipinski definition) is 2. The van der Waals surface area contributed by atoms with Crippen molar-refractivity contribution in [2.45, 2.75) is 78.3 Å². The second-order valence-electron chi connectivity index (χ2n) is 8.77. The van der Waals surface area contributed by atoms with E-state index in [9.17, 15) is 4.79 Å². The summed E-state index contributed by atoms with van der Waals surface area (Å²) < 4.78 is 5.54. The van der Waals surface area contributed by atoms with Crippen LogP contribution in [0, 0.1) is 29.6 Å². The van der Waals surface area contributed by atoms with Gasteiger partial charge in [-0.15, -0.1) is 0 Å². The Morgan fingerprint density at radius 3 is 2.35 bits per heavy atom. The molecule has 3 aliphatic rings. The third-order valence-corrected chi connectivity index (χ3v) is 6.68. The molecular weight excluding hydrogens is 286 g/mol. The average molecular weight is 322 g/mol. The molecule has 2 unspecified atom stereocenters. The summed E-state index contributed by atoms with van der Waals surface area (Å²) in [6, 6.07) is 1.01. The summed E-state index contributed by atoms with van der Waals surface area (Å²) in [4.78, 5) is 16.0. The highest BCUT2D eigenvalue weighted by Crippen LogP contribution is 2.45. The Labute approximate surface area is 142 Å². The smallest absolute Gasteiger partial charge is 0.226 e. The fourth-order valence-corrected chi connectivity index (χ4v) is 5.53. The predicted octanol–water partition coefficient (Wildman–Crippen LogP) is 4.11. The maximum absolute atomic E-state index is 13.6. The Morgan fingerprint density at radius 1 is 1.04 bits per heavy atom. The molecule has 23 heavy (non-hydrogen) atoms. The minimum absolute atomic E-state index is 0.194. The Bertz CT molecular complexity index is 414. The molecule has 1 amide bonds. The normalized spacial score (nSPS) is 33.5. The van der Waals surface area contributed by atoms with Crippen molar-refractivity contribution >= 4 is 5.91 Å².